The molecule has 0 aliphatic rings. The van der Waals surface area contributed by atoms with E-state index in [1.165, 1.54) is 0 Å². The third-order valence-electron chi connectivity index (χ3n) is 2.71. The Morgan fingerprint density at radius 3 is 2.71 bits per heavy atom. The van der Waals surface area contributed by atoms with Gasteiger partial charge < -0.3 is 10.1 Å². The minimum atomic E-state index is 0.424. The highest BCUT2D eigenvalue weighted by atomic mass is 32.2. The monoisotopic (exact) mass is 307 g/mol. The first-order valence-electron chi connectivity index (χ1n) is 7.00. The van der Waals surface area contributed by atoms with Crippen LogP contribution in [-0.4, -0.2) is 32.9 Å². The van der Waals surface area contributed by atoms with Crippen molar-refractivity contribution in [1.29, 1.82) is 0 Å². The van der Waals surface area contributed by atoms with Gasteiger partial charge in [0.15, 0.2) is 5.82 Å². The highest BCUT2D eigenvalue weighted by Crippen LogP contribution is 2.27. The van der Waals surface area contributed by atoms with Crippen LogP contribution in [0.3, 0.4) is 0 Å². The quantitative estimate of drug-likeness (QED) is 0.793. The fourth-order valence-corrected chi connectivity index (χ4v) is 2.78. The molecule has 0 unspecified atom stereocenters. The van der Waals surface area contributed by atoms with Gasteiger partial charge in [-0.15, -0.1) is 0 Å². The van der Waals surface area contributed by atoms with Crippen molar-refractivity contribution in [2.24, 2.45) is 7.05 Å². The van der Waals surface area contributed by atoms with Gasteiger partial charge in [0.25, 0.3) is 0 Å². The molecule has 7 heteroatoms. The minimum absolute atomic E-state index is 0.424. The van der Waals surface area contributed by atoms with E-state index in [1.807, 2.05) is 44.6 Å². The Bertz CT molecular complexity index is 599. The zero-order valence-electron chi connectivity index (χ0n) is 12.9. The molecule has 0 radical (unpaired) electrons. The van der Waals surface area contributed by atoms with E-state index in [4.69, 9.17) is 4.74 Å². The molecule has 0 fully saturated rings. The SMILES string of the molecule is CCNc1cc(Sc2cc(C)nn2C)nc(COCC)n1. The minimum Gasteiger partial charge on any atom is -0.374 e. The molecule has 0 bridgehead atoms. The van der Waals surface area contributed by atoms with Crippen molar-refractivity contribution < 1.29 is 4.74 Å². The van der Waals surface area contributed by atoms with Crippen molar-refractivity contribution in [1.82, 2.24) is 19.7 Å². The molecule has 6 nitrogen and oxygen atoms in total. The molecule has 114 valence electrons. The molecule has 0 spiro atoms. The summed E-state index contributed by atoms with van der Waals surface area (Å²) in [6.07, 6.45) is 0. The first-order chi connectivity index (χ1) is 10.1. The van der Waals surface area contributed by atoms with E-state index in [0.29, 0.717) is 19.0 Å². The van der Waals surface area contributed by atoms with Crippen LogP contribution in [0.2, 0.25) is 0 Å². The van der Waals surface area contributed by atoms with Crippen LogP contribution in [0.25, 0.3) is 0 Å². The third-order valence-corrected chi connectivity index (χ3v) is 3.72. The van der Waals surface area contributed by atoms with Gasteiger partial charge in [-0.1, -0.05) is 11.8 Å². The number of anilines is 1. The number of nitrogens with one attached hydrogen (secondary N) is 1. The van der Waals surface area contributed by atoms with E-state index >= 15 is 0 Å². The molecule has 2 aromatic heterocycles. The van der Waals surface area contributed by atoms with Crippen LogP contribution < -0.4 is 5.32 Å². The lowest BCUT2D eigenvalue weighted by Crippen LogP contribution is -2.06. The normalized spacial score (nSPS) is 10.9. The zero-order chi connectivity index (χ0) is 15.2. The smallest absolute Gasteiger partial charge is 0.157 e. The van der Waals surface area contributed by atoms with Crippen molar-refractivity contribution >= 4 is 17.6 Å². The van der Waals surface area contributed by atoms with Gasteiger partial charge >= 0.3 is 0 Å². The van der Waals surface area contributed by atoms with E-state index in [0.717, 1.165) is 28.1 Å². The Balaban J connectivity index is 2.24. The van der Waals surface area contributed by atoms with Crippen LogP contribution in [0, 0.1) is 6.92 Å². The Morgan fingerprint density at radius 2 is 2.10 bits per heavy atom. The Hall–Kier alpha value is -1.60. The molecule has 0 saturated carbocycles. The molecule has 0 aliphatic carbocycles. The Morgan fingerprint density at radius 1 is 1.29 bits per heavy atom. The second-order valence-corrected chi connectivity index (χ2v) is 5.57. The summed E-state index contributed by atoms with van der Waals surface area (Å²) in [7, 11) is 1.93. The van der Waals surface area contributed by atoms with E-state index in [2.05, 4.69) is 20.4 Å². The van der Waals surface area contributed by atoms with Gasteiger partial charge in [0.1, 0.15) is 22.5 Å². The van der Waals surface area contributed by atoms with E-state index < -0.39 is 0 Å². The fraction of sp³-hybridized carbons (Fsp3) is 0.500. The summed E-state index contributed by atoms with van der Waals surface area (Å²) >= 11 is 1.58. The predicted molar refractivity (Wildman–Crippen MR) is 83.6 cm³/mol. The summed E-state index contributed by atoms with van der Waals surface area (Å²) in [4.78, 5) is 8.99. The van der Waals surface area contributed by atoms with E-state index in [1.54, 1.807) is 11.8 Å². The lowest BCUT2D eigenvalue weighted by molar-refractivity contribution is 0.128. The van der Waals surface area contributed by atoms with Gasteiger partial charge in [-0.2, -0.15) is 5.10 Å². The van der Waals surface area contributed by atoms with Crippen LogP contribution in [-0.2, 0) is 18.4 Å². The average Bonchev–Trinajstić information content (AvgIpc) is 2.75. The Kier molecular flexibility index (Phi) is 5.58. The summed E-state index contributed by atoms with van der Waals surface area (Å²) in [6, 6.07) is 3.99. The predicted octanol–water partition coefficient (Wildman–Crippen LogP) is 2.64. The summed E-state index contributed by atoms with van der Waals surface area (Å²) in [5, 5.41) is 9.52. The maximum atomic E-state index is 5.41. The van der Waals surface area contributed by atoms with Crippen LogP contribution in [0.15, 0.2) is 22.2 Å². The summed E-state index contributed by atoms with van der Waals surface area (Å²) in [5.41, 5.74) is 0.996. The summed E-state index contributed by atoms with van der Waals surface area (Å²) in [6.45, 7) is 7.88. The van der Waals surface area contributed by atoms with Gasteiger partial charge in [0.2, 0.25) is 0 Å². The first kappa shape index (κ1) is 15.8. The second-order valence-electron chi connectivity index (χ2n) is 4.52. The Labute approximate surface area is 129 Å². The second kappa shape index (κ2) is 7.42. The number of hydrogen-bond donors (Lipinski definition) is 1. The molecule has 2 rings (SSSR count). The zero-order valence-corrected chi connectivity index (χ0v) is 13.7. The third kappa shape index (κ3) is 4.44. The van der Waals surface area contributed by atoms with Gasteiger partial charge in [-0.05, 0) is 26.8 Å². The fourth-order valence-electron chi connectivity index (χ4n) is 1.84. The highest BCUT2D eigenvalue weighted by Gasteiger charge is 2.09. The van der Waals surface area contributed by atoms with E-state index in [-0.39, 0.29) is 0 Å². The van der Waals surface area contributed by atoms with E-state index in [9.17, 15) is 0 Å². The summed E-state index contributed by atoms with van der Waals surface area (Å²) in [5.74, 6) is 1.51. The summed E-state index contributed by atoms with van der Waals surface area (Å²) < 4.78 is 7.26. The molecule has 2 aromatic rings. The molecule has 0 amide bonds. The molecule has 0 aromatic carbocycles. The molecule has 0 aliphatic heterocycles. The van der Waals surface area contributed by atoms with Crippen molar-refractivity contribution in [3.05, 3.63) is 23.7 Å². The lowest BCUT2D eigenvalue weighted by atomic mass is 10.5. The van der Waals surface area contributed by atoms with Crippen LogP contribution in [0.4, 0.5) is 5.82 Å². The van der Waals surface area contributed by atoms with Gasteiger partial charge in [0.05, 0.1) is 5.69 Å². The van der Waals surface area contributed by atoms with Crippen molar-refractivity contribution in [3.63, 3.8) is 0 Å². The molecule has 21 heavy (non-hydrogen) atoms. The number of aryl methyl sites for hydroxylation is 2. The highest BCUT2D eigenvalue weighted by molar-refractivity contribution is 7.99. The van der Waals surface area contributed by atoms with Crippen LogP contribution in [0.5, 0.6) is 0 Å². The van der Waals surface area contributed by atoms with Crippen molar-refractivity contribution in [2.45, 2.75) is 37.4 Å². The molecule has 2 heterocycles. The number of rotatable bonds is 7. The number of aromatic nitrogens is 4. The van der Waals surface area contributed by atoms with Crippen molar-refractivity contribution in [2.75, 3.05) is 18.5 Å². The number of hydrogen-bond acceptors (Lipinski definition) is 6. The van der Waals surface area contributed by atoms with Gasteiger partial charge in [-0.3, -0.25) is 4.68 Å². The van der Waals surface area contributed by atoms with Crippen LogP contribution >= 0.6 is 11.8 Å². The number of nitrogens with zero attached hydrogens (tertiary/aromatic N) is 4. The standard InChI is InChI=1S/C14H21N5OS/c1-5-15-11-8-13(17-12(16-11)9-20-6-2)21-14-7-10(3)18-19(14)4/h7-8H,5-6,9H2,1-4H3,(H,15,16,17). The first-order valence-corrected chi connectivity index (χ1v) is 7.82. The van der Waals surface area contributed by atoms with Crippen LogP contribution in [0.1, 0.15) is 25.4 Å². The largest absolute Gasteiger partial charge is 0.374 e. The average molecular weight is 307 g/mol. The topological polar surface area (TPSA) is 64.9 Å². The van der Waals surface area contributed by atoms with Crippen molar-refractivity contribution in [3.8, 4) is 0 Å². The van der Waals surface area contributed by atoms with Gasteiger partial charge in [-0.25, -0.2) is 9.97 Å². The maximum absolute atomic E-state index is 5.41. The van der Waals surface area contributed by atoms with Gasteiger partial charge in [0, 0.05) is 26.3 Å². The molecule has 0 atom stereocenters. The molecular weight excluding hydrogens is 286 g/mol. The molecular formula is C14H21N5OS. The lowest BCUT2D eigenvalue weighted by Gasteiger charge is -2.08. The molecule has 1 N–H and O–H groups in total. The number of ether oxygens (including phenoxy) is 1. The maximum Gasteiger partial charge on any atom is 0.157 e. The molecule has 0 saturated heterocycles.